The number of nitrogens with zero attached hydrogens (tertiary/aromatic N) is 2. The number of rotatable bonds is 6. The summed E-state index contributed by atoms with van der Waals surface area (Å²) in [6.07, 6.45) is 4.25. The number of aromatic nitrogens is 2. The molecule has 0 bridgehead atoms. The van der Waals surface area contributed by atoms with Crippen molar-refractivity contribution in [2.24, 2.45) is 0 Å². The van der Waals surface area contributed by atoms with E-state index in [2.05, 4.69) is 22.2 Å². The topological polar surface area (TPSA) is 56.3 Å². The molecule has 2 aromatic rings. The van der Waals surface area contributed by atoms with E-state index in [-0.39, 0.29) is 0 Å². The Bertz CT molecular complexity index is 573. The van der Waals surface area contributed by atoms with Crippen LogP contribution in [0.3, 0.4) is 0 Å². The van der Waals surface area contributed by atoms with E-state index in [1.807, 2.05) is 25.2 Å². The van der Waals surface area contributed by atoms with Gasteiger partial charge in [0.1, 0.15) is 0 Å². The van der Waals surface area contributed by atoms with Gasteiger partial charge in [0.15, 0.2) is 11.5 Å². The van der Waals surface area contributed by atoms with Crippen molar-refractivity contribution in [3.05, 3.63) is 41.9 Å². The van der Waals surface area contributed by atoms with E-state index in [1.165, 1.54) is 5.56 Å². The normalized spacial score (nSPS) is 10.3. The van der Waals surface area contributed by atoms with Crippen molar-refractivity contribution in [2.45, 2.75) is 19.9 Å². The minimum Gasteiger partial charge on any atom is -0.493 e. The van der Waals surface area contributed by atoms with Crippen molar-refractivity contribution in [1.82, 2.24) is 15.3 Å². The van der Waals surface area contributed by atoms with Gasteiger partial charge in [-0.25, -0.2) is 4.98 Å². The monoisotopic (exact) mass is 273 g/mol. The zero-order chi connectivity index (χ0) is 14.4. The highest BCUT2D eigenvalue weighted by molar-refractivity contribution is 5.44. The van der Waals surface area contributed by atoms with Crippen molar-refractivity contribution >= 4 is 0 Å². The molecule has 5 heteroatoms. The highest BCUT2D eigenvalue weighted by atomic mass is 16.5. The molecule has 1 heterocycles. The first-order valence-electron chi connectivity index (χ1n) is 6.57. The van der Waals surface area contributed by atoms with Gasteiger partial charge in [-0.2, -0.15) is 0 Å². The Hall–Kier alpha value is -2.14. The molecule has 2 rings (SSSR count). The minimum absolute atomic E-state index is 0.459. The Morgan fingerprint density at radius 2 is 2.05 bits per heavy atom. The maximum Gasteiger partial charge on any atom is 0.238 e. The lowest BCUT2D eigenvalue weighted by atomic mass is 10.1. The van der Waals surface area contributed by atoms with Crippen molar-refractivity contribution in [3.8, 4) is 17.4 Å². The first kappa shape index (κ1) is 14.3. The van der Waals surface area contributed by atoms with Crippen molar-refractivity contribution in [2.75, 3.05) is 14.2 Å². The molecule has 106 valence electrons. The molecule has 5 nitrogen and oxygen atoms in total. The van der Waals surface area contributed by atoms with Gasteiger partial charge in [0.05, 0.1) is 19.0 Å². The molecular weight excluding hydrogens is 254 g/mol. The Balaban J connectivity index is 2.22. The fraction of sp³-hybridized carbons (Fsp3) is 0.333. The molecule has 0 radical (unpaired) electrons. The van der Waals surface area contributed by atoms with Crippen LogP contribution in [0.4, 0.5) is 0 Å². The van der Waals surface area contributed by atoms with E-state index in [9.17, 15) is 0 Å². The summed E-state index contributed by atoms with van der Waals surface area (Å²) in [5, 5.41) is 3.03. The largest absolute Gasteiger partial charge is 0.493 e. The van der Waals surface area contributed by atoms with Crippen LogP contribution in [0.25, 0.3) is 0 Å². The fourth-order valence-electron chi connectivity index (χ4n) is 1.83. The van der Waals surface area contributed by atoms with Crippen LogP contribution in [-0.2, 0) is 13.0 Å². The van der Waals surface area contributed by atoms with Gasteiger partial charge in [-0.15, -0.1) is 0 Å². The van der Waals surface area contributed by atoms with Crippen molar-refractivity contribution < 1.29 is 9.47 Å². The number of nitrogens with one attached hydrogen (secondary N) is 1. The molecule has 0 aliphatic carbocycles. The highest BCUT2D eigenvalue weighted by Crippen LogP contribution is 2.31. The molecule has 0 spiro atoms. The first-order valence-corrected chi connectivity index (χ1v) is 6.57. The average molecular weight is 273 g/mol. The van der Waals surface area contributed by atoms with Gasteiger partial charge in [0.25, 0.3) is 0 Å². The van der Waals surface area contributed by atoms with Gasteiger partial charge in [0, 0.05) is 12.7 Å². The van der Waals surface area contributed by atoms with Gasteiger partial charge in [-0.05, 0) is 31.2 Å². The molecule has 0 atom stereocenters. The summed E-state index contributed by atoms with van der Waals surface area (Å²) in [4.78, 5) is 8.49. The van der Waals surface area contributed by atoms with Crippen LogP contribution in [0.1, 0.15) is 18.2 Å². The van der Waals surface area contributed by atoms with E-state index in [1.54, 1.807) is 19.5 Å². The molecule has 0 unspecified atom stereocenters. The van der Waals surface area contributed by atoms with Crippen LogP contribution in [0.15, 0.2) is 30.6 Å². The molecular formula is C15H19N3O2. The van der Waals surface area contributed by atoms with Crippen LogP contribution in [0, 0.1) is 0 Å². The van der Waals surface area contributed by atoms with Gasteiger partial charge in [-0.1, -0.05) is 13.0 Å². The summed E-state index contributed by atoms with van der Waals surface area (Å²) >= 11 is 0. The summed E-state index contributed by atoms with van der Waals surface area (Å²) in [7, 11) is 3.49. The quantitative estimate of drug-likeness (QED) is 0.876. The predicted octanol–water partition coefficient (Wildman–Crippen LogP) is 2.56. The van der Waals surface area contributed by atoms with Crippen LogP contribution in [0.5, 0.6) is 17.4 Å². The third-order valence-electron chi connectivity index (χ3n) is 2.87. The molecule has 1 N–H and O–H groups in total. The zero-order valence-electron chi connectivity index (χ0n) is 12.0. The third kappa shape index (κ3) is 3.45. The van der Waals surface area contributed by atoms with Gasteiger partial charge >= 0.3 is 0 Å². The molecule has 0 saturated heterocycles. The number of benzene rings is 1. The summed E-state index contributed by atoms with van der Waals surface area (Å²) in [5.74, 6) is 1.80. The third-order valence-corrected chi connectivity index (χ3v) is 2.87. The summed E-state index contributed by atoms with van der Waals surface area (Å²) in [6.45, 7) is 2.75. The molecule has 1 aromatic carbocycles. The van der Waals surface area contributed by atoms with Crippen molar-refractivity contribution in [1.29, 1.82) is 0 Å². The maximum atomic E-state index is 5.76. The van der Waals surface area contributed by atoms with Crippen LogP contribution in [0.2, 0.25) is 0 Å². The van der Waals surface area contributed by atoms with Crippen LogP contribution < -0.4 is 14.8 Å². The SMILES string of the molecule is CCc1ccc(Oc2cncc(CNC)n2)c(OC)c1. The van der Waals surface area contributed by atoms with Crippen LogP contribution >= 0.6 is 0 Å². The summed E-state index contributed by atoms with van der Waals surface area (Å²) in [6, 6.07) is 5.88. The van der Waals surface area contributed by atoms with E-state index < -0.39 is 0 Å². The Labute approximate surface area is 119 Å². The molecule has 0 saturated carbocycles. The Kier molecular flexibility index (Phi) is 4.90. The minimum atomic E-state index is 0.459. The number of hydrogen-bond donors (Lipinski definition) is 1. The summed E-state index contributed by atoms with van der Waals surface area (Å²) < 4.78 is 11.1. The fourth-order valence-corrected chi connectivity index (χ4v) is 1.83. The van der Waals surface area contributed by atoms with E-state index in [0.29, 0.717) is 23.9 Å². The lowest BCUT2D eigenvalue weighted by Crippen LogP contribution is -2.07. The molecule has 1 aromatic heterocycles. The lowest BCUT2D eigenvalue weighted by Gasteiger charge is -2.11. The zero-order valence-corrected chi connectivity index (χ0v) is 12.0. The van der Waals surface area contributed by atoms with Crippen LogP contribution in [-0.4, -0.2) is 24.1 Å². The molecule has 0 aliphatic rings. The number of hydrogen-bond acceptors (Lipinski definition) is 5. The highest BCUT2D eigenvalue weighted by Gasteiger charge is 2.08. The first-order chi connectivity index (χ1) is 9.76. The Morgan fingerprint density at radius 3 is 2.75 bits per heavy atom. The van der Waals surface area contributed by atoms with E-state index in [4.69, 9.17) is 9.47 Å². The number of ether oxygens (including phenoxy) is 2. The molecule has 0 amide bonds. The van der Waals surface area contributed by atoms with Crippen molar-refractivity contribution in [3.63, 3.8) is 0 Å². The van der Waals surface area contributed by atoms with Gasteiger partial charge in [-0.3, -0.25) is 4.98 Å². The van der Waals surface area contributed by atoms with E-state index in [0.717, 1.165) is 12.1 Å². The van der Waals surface area contributed by atoms with Gasteiger partial charge < -0.3 is 14.8 Å². The molecule has 0 aliphatic heterocycles. The molecule has 20 heavy (non-hydrogen) atoms. The molecule has 0 fully saturated rings. The second kappa shape index (κ2) is 6.86. The summed E-state index contributed by atoms with van der Waals surface area (Å²) in [5.41, 5.74) is 2.03. The second-order valence-corrected chi connectivity index (χ2v) is 4.32. The standard InChI is InChI=1S/C15H19N3O2/c1-4-11-5-6-13(14(7-11)19-3)20-15-10-17-9-12(18-15)8-16-2/h5-7,9-10,16H,4,8H2,1-3H3. The van der Waals surface area contributed by atoms with Gasteiger partial charge in [0.2, 0.25) is 5.88 Å². The number of aryl methyl sites for hydroxylation is 1. The van der Waals surface area contributed by atoms with E-state index >= 15 is 0 Å². The second-order valence-electron chi connectivity index (χ2n) is 4.32. The predicted molar refractivity (Wildman–Crippen MR) is 77.2 cm³/mol. The smallest absolute Gasteiger partial charge is 0.238 e. The lowest BCUT2D eigenvalue weighted by molar-refractivity contribution is 0.372. The average Bonchev–Trinajstić information content (AvgIpc) is 2.48. The number of methoxy groups -OCH3 is 1. The Morgan fingerprint density at radius 1 is 1.20 bits per heavy atom. The maximum absolute atomic E-state index is 5.76.